The van der Waals surface area contributed by atoms with Crippen LogP contribution in [0.5, 0.6) is 0 Å². The van der Waals surface area contributed by atoms with Gasteiger partial charge in [-0.15, -0.1) is 0 Å². The van der Waals surface area contributed by atoms with Crippen molar-refractivity contribution in [2.24, 2.45) is 16.7 Å². The molecule has 2 aliphatic rings. The molecule has 94 valence electrons. The molecule has 0 aromatic heterocycles. The molecule has 0 spiro atoms. The lowest BCUT2D eigenvalue weighted by Gasteiger charge is -2.31. The van der Waals surface area contributed by atoms with Crippen LogP contribution in [0.15, 0.2) is 35.9 Å². The Hall–Kier alpha value is -1.37. The van der Waals surface area contributed by atoms with Gasteiger partial charge in [-0.3, -0.25) is 4.79 Å². The van der Waals surface area contributed by atoms with Gasteiger partial charge in [0.1, 0.15) is 0 Å². The summed E-state index contributed by atoms with van der Waals surface area (Å²) in [7, 11) is 0. The smallest absolute Gasteiger partial charge is 0.165 e. The summed E-state index contributed by atoms with van der Waals surface area (Å²) in [6.45, 7) is 6.67. The van der Waals surface area contributed by atoms with Crippen LogP contribution < -0.4 is 0 Å². The lowest BCUT2D eigenvalue weighted by Crippen LogP contribution is -2.32. The minimum atomic E-state index is -0.141. The lowest BCUT2D eigenvalue weighted by atomic mass is 9.70. The minimum absolute atomic E-state index is 0.116. The van der Waals surface area contributed by atoms with Crippen molar-refractivity contribution < 1.29 is 4.79 Å². The molecule has 0 saturated heterocycles. The quantitative estimate of drug-likeness (QED) is 0.675. The largest absolute Gasteiger partial charge is 0.294 e. The first-order valence-electron chi connectivity index (χ1n) is 6.78. The maximum absolute atomic E-state index is 12.6. The topological polar surface area (TPSA) is 17.1 Å². The first kappa shape index (κ1) is 11.7. The van der Waals surface area contributed by atoms with Crippen LogP contribution in [0.3, 0.4) is 0 Å². The van der Waals surface area contributed by atoms with Gasteiger partial charge in [0, 0.05) is 5.41 Å². The molecule has 1 aromatic rings. The van der Waals surface area contributed by atoms with E-state index < -0.39 is 0 Å². The van der Waals surface area contributed by atoms with Crippen molar-refractivity contribution in [3.63, 3.8) is 0 Å². The second-order valence-corrected chi connectivity index (χ2v) is 6.48. The van der Waals surface area contributed by atoms with Crippen LogP contribution in [0.25, 0.3) is 6.08 Å². The number of hydrogen-bond acceptors (Lipinski definition) is 1. The molecule has 2 saturated carbocycles. The Balaban J connectivity index is 2.07. The zero-order valence-corrected chi connectivity index (χ0v) is 11.4. The highest BCUT2D eigenvalue weighted by Crippen LogP contribution is 2.65. The van der Waals surface area contributed by atoms with E-state index in [4.69, 9.17) is 0 Å². The van der Waals surface area contributed by atoms with Crippen LogP contribution in [0.1, 0.15) is 39.2 Å². The monoisotopic (exact) mass is 240 g/mol. The molecular weight excluding hydrogens is 220 g/mol. The number of rotatable bonds is 1. The molecule has 0 heterocycles. The second-order valence-electron chi connectivity index (χ2n) is 6.48. The zero-order chi connectivity index (χ0) is 13.0. The third-order valence-electron chi connectivity index (χ3n) is 5.49. The Labute approximate surface area is 109 Å². The van der Waals surface area contributed by atoms with Crippen molar-refractivity contribution >= 4 is 11.9 Å². The molecule has 0 radical (unpaired) electrons. The van der Waals surface area contributed by atoms with Gasteiger partial charge in [-0.05, 0) is 41.4 Å². The summed E-state index contributed by atoms with van der Waals surface area (Å²) in [5, 5.41) is 0. The summed E-state index contributed by atoms with van der Waals surface area (Å²) < 4.78 is 0. The molecule has 0 aliphatic heterocycles. The van der Waals surface area contributed by atoms with Crippen LogP contribution in [0.4, 0.5) is 0 Å². The molecule has 1 heteroatoms. The van der Waals surface area contributed by atoms with E-state index in [0.29, 0.717) is 11.7 Å². The SMILES string of the molecule is CC1(C)[C@H]2CC[C@@]1(C)C(=O)/C2=C\c1ccccc1. The molecule has 3 rings (SSSR count). The summed E-state index contributed by atoms with van der Waals surface area (Å²) in [5.41, 5.74) is 2.18. The van der Waals surface area contributed by atoms with E-state index in [1.165, 1.54) is 0 Å². The van der Waals surface area contributed by atoms with Crippen LogP contribution in [0, 0.1) is 16.7 Å². The van der Waals surface area contributed by atoms with Crippen LogP contribution in [-0.4, -0.2) is 5.78 Å². The maximum Gasteiger partial charge on any atom is 0.165 e. The summed E-state index contributed by atoms with van der Waals surface area (Å²) in [4.78, 5) is 12.6. The molecule has 2 bridgehead atoms. The van der Waals surface area contributed by atoms with E-state index in [9.17, 15) is 4.79 Å². The number of benzene rings is 1. The number of ketones is 1. The first-order chi connectivity index (χ1) is 8.47. The number of Topliss-reactive ketones (excluding diaryl/α,β-unsaturated/α-hetero) is 1. The summed E-state index contributed by atoms with van der Waals surface area (Å²) >= 11 is 0. The average Bonchev–Trinajstić information content (AvgIpc) is 2.65. The van der Waals surface area contributed by atoms with Gasteiger partial charge in [-0.25, -0.2) is 0 Å². The number of fused-ring (bicyclic) bond motifs is 2. The molecule has 2 fully saturated rings. The van der Waals surface area contributed by atoms with Gasteiger partial charge in [0.2, 0.25) is 0 Å². The normalized spacial score (nSPS) is 35.4. The van der Waals surface area contributed by atoms with Gasteiger partial charge >= 0.3 is 0 Å². The molecule has 2 aliphatic carbocycles. The molecule has 0 N–H and O–H groups in total. The highest BCUT2D eigenvalue weighted by Gasteiger charge is 2.63. The Bertz CT molecular complexity index is 524. The summed E-state index contributed by atoms with van der Waals surface area (Å²) in [5.74, 6) is 0.822. The molecule has 2 atom stereocenters. The van der Waals surface area contributed by atoms with E-state index in [1.807, 2.05) is 18.2 Å². The van der Waals surface area contributed by atoms with Gasteiger partial charge in [-0.2, -0.15) is 0 Å². The maximum atomic E-state index is 12.6. The van der Waals surface area contributed by atoms with Gasteiger partial charge in [-0.1, -0.05) is 51.1 Å². The lowest BCUT2D eigenvalue weighted by molar-refractivity contribution is -0.125. The second kappa shape index (κ2) is 3.57. The number of allylic oxidation sites excluding steroid dienone is 1. The standard InChI is InChI=1S/C17H20O/c1-16(2)14-9-10-17(16,3)15(18)13(14)11-12-7-5-4-6-8-12/h4-8,11,14H,9-10H2,1-3H3/b13-11-/t14-,17-/m0/s1. The Morgan fingerprint density at radius 2 is 1.83 bits per heavy atom. The number of carbonyl (C=O) groups excluding carboxylic acids is 1. The van der Waals surface area contributed by atoms with E-state index in [2.05, 4.69) is 39.0 Å². The van der Waals surface area contributed by atoms with E-state index in [-0.39, 0.29) is 10.8 Å². The fourth-order valence-corrected chi connectivity index (χ4v) is 3.82. The van der Waals surface area contributed by atoms with Crippen molar-refractivity contribution in [1.82, 2.24) is 0 Å². The summed E-state index contributed by atoms with van der Waals surface area (Å²) in [6, 6.07) is 10.2. The fraction of sp³-hybridized carbons (Fsp3) is 0.471. The highest BCUT2D eigenvalue weighted by molar-refractivity contribution is 6.07. The van der Waals surface area contributed by atoms with E-state index in [0.717, 1.165) is 24.0 Å². The molecule has 1 nitrogen and oxygen atoms in total. The van der Waals surface area contributed by atoms with Crippen LogP contribution in [0.2, 0.25) is 0 Å². The Morgan fingerprint density at radius 3 is 2.39 bits per heavy atom. The molecular formula is C17H20O. The molecule has 0 unspecified atom stereocenters. The van der Waals surface area contributed by atoms with Crippen molar-refractivity contribution in [2.75, 3.05) is 0 Å². The molecule has 18 heavy (non-hydrogen) atoms. The first-order valence-corrected chi connectivity index (χ1v) is 6.78. The minimum Gasteiger partial charge on any atom is -0.294 e. The summed E-state index contributed by atoms with van der Waals surface area (Å²) in [6.07, 6.45) is 4.32. The van der Waals surface area contributed by atoms with Crippen molar-refractivity contribution in [2.45, 2.75) is 33.6 Å². The van der Waals surface area contributed by atoms with Gasteiger partial charge in [0.05, 0.1) is 0 Å². The predicted molar refractivity (Wildman–Crippen MR) is 74.0 cm³/mol. The fourth-order valence-electron chi connectivity index (χ4n) is 3.82. The Kier molecular flexibility index (Phi) is 2.32. The van der Waals surface area contributed by atoms with E-state index >= 15 is 0 Å². The predicted octanol–water partition coefficient (Wildman–Crippen LogP) is 4.10. The van der Waals surface area contributed by atoms with Crippen molar-refractivity contribution in [3.05, 3.63) is 41.5 Å². The number of hydrogen-bond donors (Lipinski definition) is 0. The van der Waals surface area contributed by atoms with E-state index in [1.54, 1.807) is 0 Å². The number of carbonyl (C=O) groups is 1. The molecule has 1 aromatic carbocycles. The zero-order valence-electron chi connectivity index (χ0n) is 11.4. The van der Waals surface area contributed by atoms with Gasteiger partial charge in [0.25, 0.3) is 0 Å². The van der Waals surface area contributed by atoms with Crippen LogP contribution >= 0.6 is 0 Å². The third-order valence-corrected chi connectivity index (χ3v) is 5.49. The van der Waals surface area contributed by atoms with Crippen molar-refractivity contribution in [1.29, 1.82) is 0 Å². The van der Waals surface area contributed by atoms with Crippen LogP contribution in [-0.2, 0) is 4.79 Å². The Morgan fingerprint density at radius 1 is 1.17 bits per heavy atom. The average molecular weight is 240 g/mol. The molecule has 0 amide bonds. The highest BCUT2D eigenvalue weighted by atomic mass is 16.1. The third kappa shape index (κ3) is 1.31. The van der Waals surface area contributed by atoms with Gasteiger partial charge < -0.3 is 0 Å². The van der Waals surface area contributed by atoms with Gasteiger partial charge in [0.15, 0.2) is 5.78 Å². The van der Waals surface area contributed by atoms with Crippen molar-refractivity contribution in [3.8, 4) is 0 Å².